The number of pyridine rings is 1. The number of hydrogen-bond acceptors (Lipinski definition) is 6. The van der Waals surface area contributed by atoms with Crippen molar-refractivity contribution in [2.24, 2.45) is 5.92 Å². The number of carbonyl (C=O) groups excluding carboxylic acids is 1. The minimum absolute atomic E-state index is 0.0201. The van der Waals surface area contributed by atoms with E-state index in [4.69, 9.17) is 11.6 Å². The van der Waals surface area contributed by atoms with Gasteiger partial charge in [-0.1, -0.05) is 29.9 Å². The van der Waals surface area contributed by atoms with Crippen molar-refractivity contribution in [1.82, 2.24) is 24.7 Å². The maximum absolute atomic E-state index is 13.1. The van der Waals surface area contributed by atoms with Crippen LogP contribution in [0.2, 0.25) is 5.15 Å². The zero-order valence-electron chi connectivity index (χ0n) is 15.7. The molecular weight excluding hydrogens is 384 g/mol. The predicted octanol–water partition coefficient (Wildman–Crippen LogP) is 3.76. The standard InChI is InChI=1S/C18H21ClN6OS/c1-5-24(17(26)11(2)10-25-13(4)21-12(3)23-25)18-15(19)22-16(27-18)14-7-6-8-20-9-14/h6-9,11H,5,10H2,1-4H3. The summed E-state index contributed by atoms with van der Waals surface area (Å²) in [7, 11) is 0. The highest BCUT2D eigenvalue weighted by Crippen LogP contribution is 2.38. The van der Waals surface area contributed by atoms with E-state index < -0.39 is 0 Å². The summed E-state index contributed by atoms with van der Waals surface area (Å²) in [6, 6.07) is 3.76. The van der Waals surface area contributed by atoms with E-state index in [1.165, 1.54) is 11.3 Å². The van der Waals surface area contributed by atoms with E-state index in [-0.39, 0.29) is 11.8 Å². The molecule has 0 aromatic carbocycles. The highest BCUT2D eigenvalue weighted by atomic mass is 35.5. The third-order valence-corrected chi connectivity index (χ3v) is 5.64. The third kappa shape index (κ3) is 4.17. The molecule has 0 saturated heterocycles. The highest BCUT2D eigenvalue weighted by molar-refractivity contribution is 7.19. The molecule has 0 bridgehead atoms. The number of aryl methyl sites for hydroxylation is 2. The van der Waals surface area contributed by atoms with Crippen molar-refractivity contribution in [3.63, 3.8) is 0 Å². The van der Waals surface area contributed by atoms with Crippen LogP contribution in [-0.2, 0) is 11.3 Å². The summed E-state index contributed by atoms with van der Waals surface area (Å²) in [4.78, 5) is 27.6. The van der Waals surface area contributed by atoms with Gasteiger partial charge >= 0.3 is 0 Å². The SMILES string of the molecule is CCN(C(=O)C(C)Cn1nc(C)nc1C)c1sc(-c2cccnc2)nc1Cl. The zero-order chi connectivity index (χ0) is 19.6. The van der Waals surface area contributed by atoms with Gasteiger partial charge in [-0.3, -0.25) is 9.78 Å². The Bertz CT molecular complexity index is 939. The van der Waals surface area contributed by atoms with Gasteiger partial charge in [-0.2, -0.15) is 5.10 Å². The Hall–Kier alpha value is -2.32. The van der Waals surface area contributed by atoms with E-state index in [1.54, 1.807) is 22.0 Å². The van der Waals surface area contributed by atoms with E-state index in [9.17, 15) is 4.79 Å². The normalized spacial score (nSPS) is 12.2. The summed E-state index contributed by atoms with van der Waals surface area (Å²) in [6.45, 7) is 8.51. The Morgan fingerprint density at radius 1 is 1.37 bits per heavy atom. The zero-order valence-corrected chi connectivity index (χ0v) is 17.3. The molecule has 0 radical (unpaired) electrons. The van der Waals surface area contributed by atoms with Crippen LogP contribution in [0.15, 0.2) is 24.5 Å². The molecule has 0 aliphatic heterocycles. The van der Waals surface area contributed by atoms with Gasteiger partial charge in [0.05, 0.1) is 12.5 Å². The van der Waals surface area contributed by atoms with Gasteiger partial charge in [-0.25, -0.2) is 14.6 Å². The van der Waals surface area contributed by atoms with Crippen molar-refractivity contribution in [3.05, 3.63) is 41.3 Å². The lowest BCUT2D eigenvalue weighted by atomic mass is 10.1. The molecule has 142 valence electrons. The number of carbonyl (C=O) groups is 1. The van der Waals surface area contributed by atoms with Crippen molar-refractivity contribution in [1.29, 1.82) is 0 Å². The number of aromatic nitrogens is 5. The summed E-state index contributed by atoms with van der Waals surface area (Å²) in [6.07, 6.45) is 3.44. The maximum Gasteiger partial charge on any atom is 0.232 e. The molecule has 3 rings (SSSR count). The molecule has 3 heterocycles. The quantitative estimate of drug-likeness (QED) is 0.625. The van der Waals surface area contributed by atoms with Gasteiger partial charge in [0, 0.05) is 24.5 Å². The molecule has 1 unspecified atom stereocenters. The highest BCUT2D eigenvalue weighted by Gasteiger charge is 2.26. The van der Waals surface area contributed by atoms with Crippen LogP contribution in [0.3, 0.4) is 0 Å². The number of halogens is 1. The molecule has 9 heteroatoms. The van der Waals surface area contributed by atoms with Crippen LogP contribution in [0.5, 0.6) is 0 Å². The topological polar surface area (TPSA) is 76.8 Å². The Morgan fingerprint density at radius 2 is 2.15 bits per heavy atom. The molecule has 0 spiro atoms. The smallest absolute Gasteiger partial charge is 0.232 e. The molecule has 0 saturated carbocycles. The fourth-order valence-corrected chi connectivity index (χ4v) is 4.18. The van der Waals surface area contributed by atoms with Gasteiger partial charge in [0.1, 0.15) is 21.7 Å². The second-order valence-corrected chi connectivity index (χ2v) is 7.56. The molecular formula is C18H21ClN6OS. The monoisotopic (exact) mass is 404 g/mol. The van der Waals surface area contributed by atoms with E-state index >= 15 is 0 Å². The number of hydrogen-bond donors (Lipinski definition) is 0. The third-order valence-electron chi connectivity index (χ3n) is 4.14. The van der Waals surface area contributed by atoms with Crippen LogP contribution in [0.25, 0.3) is 10.6 Å². The second kappa shape index (κ2) is 8.14. The molecule has 1 amide bonds. The number of anilines is 1. The average Bonchev–Trinajstić information content (AvgIpc) is 3.18. The van der Waals surface area contributed by atoms with E-state index in [1.807, 2.05) is 39.8 Å². The predicted molar refractivity (Wildman–Crippen MR) is 107 cm³/mol. The first-order valence-electron chi connectivity index (χ1n) is 8.66. The Morgan fingerprint density at radius 3 is 2.74 bits per heavy atom. The van der Waals surface area contributed by atoms with E-state index in [0.29, 0.717) is 29.1 Å². The van der Waals surface area contributed by atoms with Gasteiger partial charge in [0.15, 0.2) is 5.15 Å². The lowest BCUT2D eigenvalue weighted by Crippen LogP contribution is -2.36. The van der Waals surface area contributed by atoms with Gasteiger partial charge < -0.3 is 4.90 Å². The summed E-state index contributed by atoms with van der Waals surface area (Å²) < 4.78 is 1.76. The van der Waals surface area contributed by atoms with Gasteiger partial charge in [-0.15, -0.1) is 0 Å². The summed E-state index contributed by atoms with van der Waals surface area (Å²) in [5.41, 5.74) is 0.876. The largest absolute Gasteiger partial charge is 0.301 e. The Labute approximate surface area is 167 Å². The molecule has 0 N–H and O–H groups in total. The van der Waals surface area contributed by atoms with Crippen molar-refractivity contribution in [2.75, 3.05) is 11.4 Å². The van der Waals surface area contributed by atoms with Gasteiger partial charge in [0.2, 0.25) is 5.91 Å². The van der Waals surface area contributed by atoms with Crippen LogP contribution >= 0.6 is 22.9 Å². The number of thiazole rings is 1. The van der Waals surface area contributed by atoms with E-state index in [0.717, 1.165) is 16.4 Å². The first-order valence-corrected chi connectivity index (χ1v) is 9.86. The van der Waals surface area contributed by atoms with E-state index in [2.05, 4.69) is 20.1 Å². The minimum Gasteiger partial charge on any atom is -0.301 e. The maximum atomic E-state index is 13.1. The summed E-state index contributed by atoms with van der Waals surface area (Å²) in [5.74, 6) is 1.20. The first-order chi connectivity index (χ1) is 12.9. The lowest BCUT2D eigenvalue weighted by Gasteiger charge is -2.23. The molecule has 7 nitrogen and oxygen atoms in total. The second-order valence-electron chi connectivity index (χ2n) is 6.23. The van der Waals surface area contributed by atoms with Crippen molar-refractivity contribution >= 4 is 33.8 Å². The van der Waals surface area contributed by atoms with Gasteiger partial charge in [-0.05, 0) is 32.9 Å². The van der Waals surface area contributed by atoms with Crippen LogP contribution in [0.4, 0.5) is 5.00 Å². The van der Waals surface area contributed by atoms with Crippen LogP contribution in [-0.4, -0.2) is 37.2 Å². The van der Waals surface area contributed by atoms with Gasteiger partial charge in [0.25, 0.3) is 0 Å². The van der Waals surface area contributed by atoms with Crippen molar-refractivity contribution in [3.8, 4) is 10.6 Å². The average molecular weight is 405 g/mol. The number of rotatable bonds is 6. The molecule has 0 aliphatic carbocycles. The molecule has 3 aromatic heterocycles. The lowest BCUT2D eigenvalue weighted by molar-refractivity contribution is -0.122. The molecule has 0 fully saturated rings. The fourth-order valence-electron chi connectivity index (χ4n) is 2.81. The Kier molecular flexibility index (Phi) is 5.86. The van der Waals surface area contributed by atoms with Crippen LogP contribution in [0.1, 0.15) is 25.5 Å². The summed E-state index contributed by atoms with van der Waals surface area (Å²) in [5, 5.41) is 6.07. The van der Waals surface area contributed by atoms with Crippen molar-refractivity contribution in [2.45, 2.75) is 34.2 Å². The molecule has 0 aliphatic rings. The van der Waals surface area contributed by atoms with Crippen molar-refractivity contribution < 1.29 is 4.79 Å². The first kappa shape index (κ1) is 19.4. The number of amides is 1. The fraction of sp³-hybridized carbons (Fsp3) is 0.389. The summed E-state index contributed by atoms with van der Waals surface area (Å²) >= 11 is 7.76. The van der Waals surface area contributed by atoms with Crippen LogP contribution in [0, 0.1) is 19.8 Å². The van der Waals surface area contributed by atoms with Crippen LogP contribution < -0.4 is 4.90 Å². The Balaban J connectivity index is 1.83. The number of nitrogens with zero attached hydrogens (tertiary/aromatic N) is 6. The molecule has 1 atom stereocenters. The minimum atomic E-state index is -0.273. The molecule has 27 heavy (non-hydrogen) atoms. The molecule has 3 aromatic rings.